The number of nitrogens with two attached hydrogens (primary N) is 1. The van der Waals surface area contributed by atoms with Crippen LogP contribution in [0.1, 0.15) is 0 Å². The van der Waals surface area contributed by atoms with E-state index in [4.69, 9.17) is 33.6 Å². The molecule has 0 aliphatic carbocycles. The number of hydrogen-bond acceptors (Lipinski definition) is 2. The highest BCUT2D eigenvalue weighted by Gasteiger charge is 2.22. The van der Waals surface area contributed by atoms with Crippen molar-refractivity contribution in [3.05, 3.63) is 71.1 Å². The predicted octanol–water partition coefficient (Wildman–Crippen LogP) is 4.36. The van der Waals surface area contributed by atoms with Gasteiger partial charge in [-0.1, -0.05) is 36.4 Å². The molecule has 0 saturated heterocycles. The lowest BCUT2D eigenvalue weighted by Gasteiger charge is -2.15. The van der Waals surface area contributed by atoms with Gasteiger partial charge >= 0.3 is 6.92 Å². The number of halogens is 4. The summed E-state index contributed by atoms with van der Waals surface area (Å²) >= 11 is 10.8. The van der Waals surface area contributed by atoms with Crippen LogP contribution in [0.3, 0.4) is 0 Å². The molecule has 0 bridgehead atoms. The van der Waals surface area contributed by atoms with Gasteiger partial charge in [-0.3, -0.25) is 0 Å². The molecule has 0 amide bonds. The van der Waals surface area contributed by atoms with Crippen LogP contribution in [0.15, 0.2) is 71.1 Å². The Balaban J connectivity index is 5.29. The summed E-state index contributed by atoms with van der Waals surface area (Å²) in [7, 11) is 0. The van der Waals surface area contributed by atoms with Crippen molar-refractivity contribution in [2.45, 2.75) is 0 Å². The van der Waals surface area contributed by atoms with Crippen molar-refractivity contribution < 1.29 is 13.4 Å². The van der Waals surface area contributed by atoms with Gasteiger partial charge in [0.1, 0.15) is 11.7 Å². The maximum atomic E-state index is 13.4. The third kappa shape index (κ3) is 7.43. The third-order valence-corrected chi connectivity index (χ3v) is 2.58. The van der Waals surface area contributed by atoms with E-state index in [-0.39, 0.29) is 34.2 Å². The molecule has 21 heavy (non-hydrogen) atoms. The molecule has 0 aromatic carbocycles. The molecule has 2 N–H and O–H groups in total. The quantitative estimate of drug-likeness (QED) is 0.502. The highest BCUT2D eigenvalue weighted by molar-refractivity contribution is 6.69. The van der Waals surface area contributed by atoms with Gasteiger partial charge in [0.05, 0.1) is 10.1 Å². The number of allylic oxidation sites excluding steroid dienone is 8. The molecule has 0 rings (SSSR count). The zero-order valence-electron chi connectivity index (χ0n) is 11.5. The van der Waals surface area contributed by atoms with E-state index in [0.29, 0.717) is 0 Å². The summed E-state index contributed by atoms with van der Waals surface area (Å²) in [4.78, 5) is 0. The normalized spacial score (nSPS) is 12.0. The molecule has 114 valence electrons. The summed E-state index contributed by atoms with van der Waals surface area (Å²) < 4.78 is 32.3. The summed E-state index contributed by atoms with van der Waals surface area (Å²) in [6.45, 7) is 13.3. The fourth-order valence-corrected chi connectivity index (χ4v) is 1.38. The Kier molecular flexibility index (Phi) is 9.21. The van der Waals surface area contributed by atoms with E-state index in [1.807, 2.05) is 0 Å². The molecule has 0 saturated carbocycles. The van der Waals surface area contributed by atoms with E-state index in [2.05, 4.69) is 26.3 Å². The average Bonchev–Trinajstić information content (AvgIpc) is 2.38. The lowest BCUT2D eigenvalue weighted by molar-refractivity contribution is 0.340. The molecular formula is C14H16BCl2F2NO. The van der Waals surface area contributed by atoms with Crippen molar-refractivity contribution in [1.82, 2.24) is 0 Å². The lowest BCUT2D eigenvalue weighted by atomic mass is 9.54. The fourth-order valence-electron chi connectivity index (χ4n) is 1.27. The van der Waals surface area contributed by atoms with Gasteiger partial charge < -0.3 is 10.4 Å². The Morgan fingerprint density at radius 3 is 1.67 bits per heavy atom. The molecule has 0 aromatic heterocycles. The molecular weight excluding hydrogens is 318 g/mol. The van der Waals surface area contributed by atoms with Crippen molar-refractivity contribution in [3.63, 3.8) is 0 Å². The van der Waals surface area contributed by atoms with Gasteiger partial charge in [-0.15, -0.1) is 13.2 Å². The first-order chi connectivity index (χ1) is 9.70. The number of hydrogen-bond donors (Lipinski definition) is 1. The molecule has 0 heterocycles. The van der Waals surface area contributed by atoms with Crippen LogP contribution in [0.25, 0.3) is 0 Å². The Hall–Kier alpha value is -1.14. The molecule has 0 aromatic rings. The first-order valence-corrected chi connectivity index (χ1v) is 6.59. The molecule has 0 spiro atoms. The maximum Gasteiger partial charge on any atom is 0.360 e. The SMILES string of the molecule is C=C(/C=C(/F)C(=C)Cl)B(OCCN)C(=C)/C=C(/F)C(=C)Cl. The second-order valence-corrected chi connectivity index (χ2v) is 4.90. The maximum absolute atomic E-state index is 13.4. The van der Waals surface area contributed by atoms with Crippen LogP contribution in [0.2, 0.25) is 0 Å². The van der Waals surface area contributed by atoms with Crippen molar-refractivity contribution in [3.8, 4) is 0 Å². The van der Waals surface area contributed by atoms with Crippen LogP contribution in [0.5, 0.6) is 0 Å². The second-order valence-electron chi connectivity index (χ2n) is 3.98. The van der Waals surface area contributed by atoms with Gasteiger partial charge in [0.25, 0.3) is 0 Å². The summed E-state index contributed by atoms with van der Waals surface area (Å²) in [6.07, 6.45) is 2.06. The summed E-state index contributed by atoms with van der Waals surface area (Å²) in [5.41, 5.74) is 5.70. The van der Waals surface area contributed by atoms with Crippen LogP contribution in [0, 0.1) is 0 Å². The number of rotatable bonds is 9. The van der Waals surface area contributed by atoms with Gasteiger partial charge in [-0.05, 0) is 23.1 Å². The Labute approximate surface area is 134 Å². The monoisotopic (exact) mass is 333 g/mol. The Morgan fingerprint density at radius 2 is 1.38 bits per heavy atom. The molecule has 0 unspecified atom stereocenters. The van der Waals surface area contributed by atoms with Crippen LogP contribution in [0.4, 0.5) is 8.78 Å². The minimum Gasteiger partial charge on any atom is -0.426 e. The second kappa shape index (κ2) is 9.74. The molecule has 0 fully saturated rings. The van der Waals surface area contributed by atoms with E-state index in [0.717, 1.165) is 12.2 Å². The molecule has 0 radical (unpaired) electrons. The van der Waals surface area contributed by atoms with Gasteiger partial charge in [-0.2, -0.15) is 0 Å². The summed E-state index contributed by atoms with van der Waals surface area (Å²) in [5, 5.41) is -0.564. The van der Waals surface area contributed by atoms with Crippen molar-refractivity contribution in [1.29, 1.82) is 0 Å². The van der Waals surface area contributed by atoms with Crippen molar-refractivity contribution in [2.75, 3.05) is 13.2 Å². The Morgan fingerprint density at radius 1 is 1.00 bits per heavy atom. The van der Waals surface area contributed by atoms with Gasteiger partial charge in [-0.25, -0.2) is 8.78 Å². The van der Waals surface area contributed by atoms with E-state index < -0.39 is 18.6 Å². The summed E-state index contributed by atoms with van der Waals surface area (Å²) in [5.74, 6) is -1.55. The van der Waals surface area contributed by atoms with E-state index in [1.54, 1.807) is 0 Å². The van der Waals surface area contributed by atoms with E-state index in [9.17, 15) is 8.78 Å². The van der Waals surface area contributed by atoms with Crippen molar-refractivity contribution >= 4 is 30.1 Å². The highest BCUT2D eigenvalue weighted by Crippen LogP contribution is 2.22. The minimum atomic E-state index is -0.878. The topological polar surface area (TPSA) is 35.2 Å². The highest BCUT2D eigenvalue weighted by atomic mass is 35.5. The minimum absolute atomic E-state index is 0.150. The van der Waals surface area contributed by atoms with Crippen LogP contribution in [-0.2, 0) is 4.65 Å². The molecule has 0 aliphatic heterocycles. The standard InChI is InChI=1S/C14H16BCl2F2NO/c1-9(7-13(18)11(3)16)15(21-6-5-20)10(2)8-14(19)12(4)17/h7-8H,1-6,20H2/b13-7+,14-8+. The first kappa shape index (κ1) is 19.9. The van der Waals surface area contributed by atoms with Gasteiger partial charge in [0, 0.05) is 13.2 Å². The third-order valence-electron chi connectivity index (χ3n) is 2.22. The first-order valence-electron chi connectivity index (χ1n) is 5.83. The predicted molar refractivity (Wildman–Crippen MR) is 87.4 cm³/mol. The fraction of sp³-hybridized carbons (Fsp3) is 0.143. The molecule has 0 atom stereocenters. The molecule has 2 nitrogen and oxygen atoms in total. The van der Waals surface area contributed by atoms with E-state index in [1.165, 1.54) is 0 Å². The van der Waals surface area contributed by atoms with Gasteiger partial charge in [0.15, 0.2) is 0 Å². The largest absolute Gasteiger partial charge is 0.426 e. The molecule has 0 aliphatic rings. The van der Waals surface area contributed by atoms with Crippen molar-refractivity contribution in [2.24, 2.45) is 5.73 Å². The Bertz CT molecular complexity index is 473. The lowest BCUT2D eigenvalue weighted by Crippen LogP contribution is -2.26. The average molecular weight is 334 g/mol. The van der Waals surface area contributed by atoms with Crippen LogP contribution < -0.4 is 5.73 Å². The zero-order valence-corrected chi connectivity index (χ0v) is 13.0. The van der Waals surface area contributed by atoms with E-state index >= 15 is 0 Å². The van der Waals surface area contributed by atoms with Crippen LogP contribution >= 0.6 is 23.2 Å². The summed E-state index contributed by atoms with van der Waals surface area (Å²) in [6, 6.07) is 0. The molecule has 7 heteroatoms. The van der Waals surface area contributed by atoms with Gasteiger partial charge in [0.2, 0.25) is 0 Å². The smallest absolute Gasteiger partial charge is 0.360 e. The van der Waals surface area contributed by atoms with Crippen LogP contribution in [-0.4, -0.2) is 20.1 Å². The zero-order chi connectivity index (χ0) is 16.6.